The number of anilines is 2. The van der Waals surface area contributed by atoms with Gasteiger partial charge in [-0.05, 0) is 25.7 Å². The Bertz CT molecular complexity index is 907. The molecule has 2 aliphatic carbocycles. The molecule has 7 nitrogen and oxygen atoms in total. The van der Waals surface area contributed by atoms with Crippen LogP contribution in [-0.4, -0.2) is 49.1 Å². The van der Waals surface area contributed by atoms with E-state index in [-0.39, 0.29) is 69.1 Å². The fourth-order valence-corrected chi connectivity index (χ4v) is 4.04. The molecule has 0 bridgehead atoms. The number of hydrogen-bond donors (Lipinski definition) is 3. The Kier molecular flexibility index (Phi) is 6.12. The van der Waals surface area contributed by atoms with Gasteiger partial charge >= 0.3 is 6.18 Å². The molecule has 0 aliphatic heterocycles. The van der Waals surface area contributed by atoms with E-state index in [0.717, 1.165) is 6.20 Å². The number of nitrogens with zero attached hydrogens (tertiary/aromatic N) is 4. The van der Waals surface area contributed by atoms with E-state index in [2.05, 4.69) is 35.8 Å². The molecule has 4 rings (SSSR count). The van der Waals surface area contributed by atoms with Gasteiger partial charge in [-0.25, -0.2) is 17.6 Å². The van der Waals surface area contributed by atoms with Gasteiger partial charge in [-0.15, -0.1) is 0 Å². The Hall–Kier alpha value is -2.67. The Morgan fingerprint density at radius 1 is 0.788 bits per heavy atom. The number of nitrogens with one attached hydrogen (secondary N) is 3. The van der Waals surface area contributed by atoms with Crippen LogP contribution >= 0.6 is 0 Å². The van der Waals surface area contributed by atoms with Gasteiger partial charge in [0, 0.05) is 44.0 Å². The van der Waals surface area contributed by atoms with E-state index in [4.69, 9.17) is 0 Å². The van der Waals surface area contributed by atoms with Crippen molar-refractivity contribution < 1.29 is 30.7 Å². The molecule has 14 heteroatoms. The topological polar surface area (TPSA) is 91.4 Å². The summed E-state index contributed by atoms with van der Waals surface area (Å²) in [6.45, 7) is 0. The van der Waals surface area contributed by atoms with Crippen molar-refractivity contribution in [2.45, 2.75) is 81.5 Å². The summed E-state index contributed by atoms with van der Waals surface area (Å²) in [7, 11) is 0. The van der Waals surface area contributed by atoms with Gasteiger partial charge < -0.3 is 10.6 Å². The number of aromatic nitrogens is 5. The maximum Gasteiger partial charge on any atom is 0.435 e. The lowest BCUT2D eigenvalue weighted by molar-refractivity contribution is -0.140. The van der Waals surface area contributed by atoms with Crippen LogP contribution in [0.25, 0.3) is 11.4 Å². The molecule has 2 aromatic heterocycles. The first-order valence-electron chi connectivity index (χ1n) is 10.6. The molecule has 0 unspecified atom stereocenters. The highest BCUT2D eigenvalue weighted by Crippen LogP contribution is 2.37. The summed E-state index contributed by atoms with van der Waals surface area (Å²) in [6, 6.07) is -0.792. The van der Waals surface area contributed by atoms with Gasteiger partial charge in [-0.3, -0.25) is 5.10 Å². The first-order chi connectivity index (χ1) is 15.4. The molecule has 2 aliphatic rings. The van der Waals surface area contributed by atoms with Crippen molar-refractivity contribution in [3.63, 3.8) is 0 Å². The number of aromatic amines is 1. The summed E-state index contributed by atoms with van der Waals surface area (Å²) >= 11 is 0. The second-order valence-corrected chi connectivity index (χ2v) is 8.50. The van der Waals surface area contributed by atoms with Crippen LogP contribution in [0.1, 0.15) is 57.1 Å². The van der Waals surface area contributed by atoms with E-state index in [1.807, 2.05) is 0 Å². The van der Waals surface area contributed by atoms with Crippen LogP contribution in [0.15, 0.2) is 6.20 Å². The lowest BCUT2D eigenvalue weighted by atomic mass is 9.92. The van der Waals surface area contributed by atoms with Gasteiger partial charge in [-0.2, -0.15) is 33.2 Å². The number of halogens is 7. The van der Waals surface area contributed by atoms with Gasteiger partial charge in [-0.1, -0.05) is 0 Å². The molecule has 182 valence electrons. The number of hydrogen-bond acceptors (Lipinski definition) is 6. The van der Waals surface area contributed by atoms with Gasteiger partial charge in [0.25, 0.3) is 0 Å². The molecule has 0 atom stereocenters. The Morgan fingerprint density at radius 3 is 1.67 bits per heavy atom. The molecular formula is C19H22F7N7. The van der Waals surface area contributed by atoms with Crippen molar-refractivity contribution in [3.05, 3.63) is 11.9 Å². The standard InChI is InChI=1S/C19H22F7N7/c20-17(21)5-1-10(2-6-17)28-15-30-14(12-9-27-33-13(12)19(24,25)26)31-16(32-15)29-11-3-7-18(22,23)8-4-11/h9-11H,1-8H2,(H,27,33)(H2,28,29,30,31,32). The molecule has 0 spiro atoms. The van der Waals surface area contributed by atoms with Crippen LogP contribution in [0, 0.1) is 0 Å². The number of alkyl halides is 7. The smallest absolute Gasteiger partial charge is 0.351 e. The first kappa shape index (κ1) is 23.5. The van der Waals surface area contributed by atoms with Gasteiger partial charge in [0.15, 0.2) is 11.5 Å². The van der Waals surface area contributed by atoms with Crippen molar-refractivity contribution in [3.8, 4) is 11.4 Å². The summed E-state index contributed by atoms with van der Waals surface area (Å²) < 4.78 is 93.8. The predicted octanol–water partition coefficient (Wildman–Crippen LogP) is 5.26. The predicted molar refractivity (Wildman–Crippen MR) is 104 cm³/mol. The van der Waals surface area contributed by atoms with Crippen molar-refractivity contribution in [2.75, 3.05) is 10.6 Å². The quantitative estimate of drug-likeness (QED) is 0.505. The molecule has 0 aromatic carbocycles. The monoisotopic (exact) mass is 481 g/mol. The third-order valence-corrected chi connectivity index (χ3v) is 5.89. The van der Waals surface area contributed by atoms with Crippen molar-refractivity contribution >= 4 is 11.9 Å². The molecular weight excluding hydrogens is 459 g/mol. The van der Waals surface area contributed by atoms with Crippen LogP contribution in [0.4, 0.5) is 42.6 Å². The van der Waals surface area contributed by atoms with Crippen LogP contribution in [-0.2, 0) is 6.18 Å². The van der Waals surface area contributed by atoms with E-state index in [1.54, 1.807) is 0 Å². The van der Waals surface area contributed by atoms with Gasteiger partial charge in [0.2, 0.25) is 23.7 Å². The van der Waals surface area contributed by atoms with Crippen LogP contribution in [0.3, 0.4) is 0 Å². The molecule has 3 N–H and O–H groups in total. The highest BCUT2D eigenvalue weighted by atomic mass is 19.4. The van der Waals surface area contributed by atoms with Crippen molar-refractivity contribution in [1.82, 2.24) is 25.1 Å². The minimum Gasteiger partial charge on any atom is -0.351 e. The van der Waals surface area contributed by atoms with Crippen molar-refractivity contribution in [2.24, 2.45) is 0 Å². The summed E-state index contributed by atoms with van der Waals surface area (Å²) in [5.41, 5.74) is -1.64. The second-order valence-electron chi connectivity index (χ2n) is 8.50. The van der Waals surface area contributed by atoms with E-state index < -0.39 is 41.4 Å². The molecule has 2 aromatic rings. The molecule has 33 heavy (non-hydrogen) atoms. The fourth-order valence-electron chi connectivity index (χ4n) is 4.04. The van der Waals surface area contributed by atoms with E-state index in [9.17, 15) is 30.7 Å². The molecule has 2 saturated carbocycles. The van der Waals surface area contributed by atoms with E-state index in [1.165, 1.54) is 0 Å². The zero-order chi connectivity index (χ0) is 23.9. The lowest BCUT2D eigenvalue weighted by Crippen LogP contribution is -2.33. The van der Waals surface area contributed by atoms with Crippen LogP contribution in [0.5, 0.6) is 0 Å². The SMILES string of the molecule is FC1(F)CCC(Nc2nc(NC3CCC(F)(F)CC3)nc(-c3c[nH]nc3C(F)(F)F)n2)CC1. The highest BCUT2D eigenvalue weighted by Gasteiger charge is 2.39. The van der Waals surface area contributed by atoms with Crippen molar-refractivity contribution in [1.29, 1.82) is 0 Å². The third-order valence-electron chi connectivity index (χ3n) is 5.89. The molecule has 0 amide bonds. The Balaban J connectivity index is 1.60. The summed E-state index contributed by atoms with van der Waals surface area (Å²) in [4.78, 5) is 12.3. The normalized spacial score (nSPS) is 21.7. The zero-order valence-electron chi connectivity index (χ0n) is 17.3. The Morgan fingerprint density at radius 2 is 1.24 bits per heavy atom. The maximum absolute atomic E-state index is 13.5. The zero-order valence-corrected chi connectivity index (χ0v) is 17.3. The molecule has 0 radical (unpaired) electrons. The molecule has 2 fully saturated rings. The Labute approximate surface area is 184 Å². The minimum atomic E-state index is -4.77. The molecule has 2 heterocycles. The lowest BCUT2D eigenvalue weighted by Gasteiger charge is -2.30. The highest BCUT2D eigenvalue weighted by molar-refractivity contribution is 5.60. The average molecular weight is 481 g/mol. The minimum absolute atomic E-state index is 0.0896. The fraction of sp³-hybridized carbons (Fsp3) is 0.684. The van der Waals surface area contributed by atoms with E-state index >= 15 is 0 Å². The second kappa shape index (κ2) is 8.60. The summed E-state index contributed by atoms with van der Waals surface area (Å²) in [6.07, 6.45) is -4.56. The van der Waals surface area contributed by atoms with E-state index in [0.29, 0.717) is 0 Å². The van der Waals surface area contributed by atoms with Gasteiger partial charge in [0.1, 0.15) is 0 Å². The third kappa shape index (κ3) is 5.82. The van der Waals surface area contributed by atoms with Crippen LogP contribution in [0.2, 0.25) is 0 Å². The summed E-state index contributed by atoms with van der Waals surface area (Å²) in [5.74, 6) is -6.02. The number of rotatable bonds is 5. The average Bonchev–Trinajstić information content (AvgIpc) is 3.22. The number of H-pyrrole nitrogens is 1. The van der Waals surface area contributed by atoms with Crippen LogP contribution < -0.4 is 10.6 Å². The van der Waals surface area contributed by atoms with Gasteiger partial charge in [0.05, 0.1) is 5.56 Å². The maximum atomic E-state index is 13.5. The summed E-state index contributed by atoms with van der Waals surface area (Å²) in [5, 5.41) is 11.2. The molecule has 0 saturated heterocycles. The largest absolute Gasteiger partial charge is 0.435 e. The first-order valence-corrected chi connectivity index (χ1v) is 10.6.